The second-order valence-corrected chi connectivity index (χ2v) is 5.68. The van der Waals surface area contributed by atoms with Gasteiger partial charge in [0.25, 0.3) is 10.1 Å². The van der Waals surface area contributed by atoms with Crippen LogP contribution >= 0.6 is 0 Å². The van der Waals surface area contributed by atoms with Crippen molar-refractivity contribution in [2.45, 2.75) is 50.9 Å². The minimum atomic E-state index is -3.77. The molecule has 3 atom stereocenters. The van der Waals surface area contributed by atoms with Gasteiger partial charge in [-0.05, 0) is 6.42 Å². The Hall–Kier alpha value is -0.210. The monoisotopic (exact) mass is 270 g/mol. The van der Waals surface area contributed by atoms with Crippen LogP contribution in [-0.2, 0) is 14.3 Å². The van der Waals surface area contributed by atoms with Crippen LogP contribution in [0.5, 0.6) is 0 Å². The molecule has 0 aromatic rings. The molecule has 0 aromatic heterocycles. The van der Waals surface area contributed by atoms with Crippen molar-refractivity contribution in [1.29, 1.82) is 0 Å². The fourth-order valence-corrected chi connectivity index (χ4v) is 2.07. The van der Waals surface area contributed by atoms with Gasteiger partial charge in [-0.15, -0.1) is 0 Å². The highest BCUT2D eigenvalue weighted by atomic mass is 32.2. The highest BCUT2D eigenvalue weighted by Crippen LogP contribution is 2.12. The fraction of sp³-hybridized carbons (Fsp3) is 1.00. The van der Waals surface area contributed by atoms with Crippen LogP contribution in [0.2, 0.25) is 0 Å². The summed E-state index contributed by atoms with van der Waals surface area (Å²) in [5, 5.41) is 28.2. The van der Waals surface area contributed by atoms with E-state index in [4.69, 9.17) is 5.11 Å². The zero-order chi connectivity index (χ0) is 13.5. The van der Waals surface area contributed by atoms with Gasteiger partial charge < -0.3 is 15.3 Å². The summed E-state index contributed by atoms with van der Waals surface area (Å²) in [6.45, 7) is 1.34. The molecular formula is C10H22O6S. The number of aliphatic hydroxyl groups excluding tert-OH is 3. The van der Waals surface area contributed by atoms with E-state index >= 15 is 0 Å². The molecule has 0 aliphatic carbocycles. The van der Waals surface area contributed by atoms with Crippen molar-refractivity contribution < 1.29 is 27.9 Å². The van der Waals surface area contributed by atoms with E-state index in [1.807, 2.05) is 6.92 Å². The highest BCUT2D eigenvalue weighted by molar-refractivity contribution is 7.86. The second kappa shape index (κ2) is 7.99. The molecule has 7 heteroatoms. The molecule has 0 bridgehead atoms. The fourth-order valence-electron chi connectivity index (χ4n) is 1.44. The maximum Gasteiger partial charge on any atom is 0.264 e. The first-order valence-corrected chi connectivity index (χ1v) is 7.48. The third-order valence-corrected chi connectivity index (χ3v) is 2.95. The van der Waals surface area contributed by atoms with Crippen molar-refractivity contribution in [3.05, 3.63) is 0 Å². The lowest BCUT2D eigenvalue weighted by molar-refractivity contribution is -0.0660. The van der Waals surface area contributed by atoms with E-state index in [0.717, 1.165) is 25.5 Å². The van der Waals surface area contributed by atoms with Gasteiger partial charge in [0.1, 0.15) is 12.2 Å². The van der Waals surface area contributed by atoms with Crippen LogP contribution in [-0.4, -0.2) is 54.9 Å². The third kappa shape index (κ3) is 7.67. The van der Waals surface area contributed by atoms with Crippen molar-refractivity contribution in [1.82, 2.24) is 0 Å². The highest BCUT2D eigenvalue weighted by Gasteiger charge is 2.29. The van der Waals surface area contributed by atoms with Gasteiger partial charge in [0.2, 0.25) is 0 Å². The van der Waals surface area contributed by atoms with Gasteiger partial charge in [-0.25, -0.2) is 0 Å². The molecule has 0 fully saturated rings. The van der Waals surface area contributed by atoms with Crippen molar-refractivity contribution in [2.75, 3.05) is 12.9 Å². The van der Waals surface area contributed by atoms with E-state index in [1.54, 1.807) is 0 Å². The maximum atomic E-state index is 10.9. The Bertz CT molecular complexity index is 289. The van der Waals surface area contributed by atoms with Crippen molar-refractivity contribution in [3.63, 3.8) is 0 Å². The molecule has 0 aliphatic rings. The standard InChI is InChI=1S/C10H22O6S/c1-3-4-5-6-8(12)10(13)9(7-11)16-17(2,14)15/h8-13H,3-7H2,1-2H3/t8-,9-,10-/m1/s1. The topological polar surface area (TPSA) is 104 Å². The Balaban J connectivity index is 4.27. The lowest BCUT2D eigenvalue weighted by atomic mass is 10.0. The van der Waals surface area contributed by atoms with Gasteiger partial charge in [-0.3, -0.25) is 4.18 Å². The molecule has 0 rings (SSSR count). The van der Waals surface area contributed by atoms with Crippen molar-refractivity contribution in [3.8, 4) is 0 Å². The zero-order valence-electron chi connectivity index (χ0n) is 10.2. The van der Waals surface area contributed by atoms with Gasteiger partial charge >= 0.3 is 0 Å². The number of aliphatic hydroxyl groups is 3. The van der Waals surface area contributed by atoms with Gasteiger partial charge in [0.05, 0.1) is 19.0 Å². The van der Waals surface area contributed by atoms with E-state index in [-0.39, 0.29) is 0 Å². The summed E-state index contributed by atoms with van der Waals surface area (Å²) >= 11 is 0. The number of hydrogen-bond donors (Lipinski definition) is 3. The molecule has 17 heavy (non-hydrogen) atoms. The van der Waals surface area contributed by atoms with E-state index in [2.05, 4.69) is 4.18 Å². The molecule has 0 amide bonds. The predicted octanol–water partition coefficient (Wildman–Crippen LogP) is -0.374. The van der Waals surface area contributed by atoms with E-state index in [1.165, 1.54) is 0 Å². The minimum Gasteiger partial charge on any atom is -0.394 e. The van der Waals surface area contributed by atoms with Gasteiger partial charge in [0, 0.05) is 0 Å². The van der Waals surface area contributed by atoms with Crippen LogP contribution in [0.25, 0.3) is 0 Å². The van der Waals surface area contributed by atoms with Crippen molar-refractivity contribution in [2.24, 2.45) is 0 Å². The average Bonchev–Trinajstić information content (AvgIpc) is 2.23. The van der Waals surface area contributed by atoms with Crippen LogP contribution in [0, 0.1) is 0 Å². The first-order chi connectivity index (χ1) is 7.81. The lowest BCUT2D eigenvalue weighted by Crippen LogP contribution is -2.42. The molecule has 0 aromatic carbocycles. The van der Waals surface area contributed by atoms with Crippen LogP contribution in [0.3, 0.4) is 0 Å². The smallest absolute Gasteiger partial charge is 0.264 e. The summed E-state index contributed by atoms with van der Waals surface area (Å²) in [4.78, 5) is 0. The Morgan fingerprint density at radius 2 is 1.82 bits per heavy atom. The Morgan fingerprint density at radius 1 is 1.24 bits per heavy atom. The summed E-state index contributed by atoms with van der Waals surface area (Å²) in [5.41, 5.74) is 0. The Kier molecular flexibility index (Phi) is 7.89. The third-order valence-electron chi connectivity index (χ3n) is 2.36. The molecule has 0 unspecified atom stereocenters. The summed E-state index contributed by atoms with van der Waals surface area (Å²) < 4.78 is 26.2. The molecule has 0 radical (unpaired) electrons. The quantitative estimate of drug-likeness (QED) is 0.390. The van der Waals surface area contributed by atoms with E-state index in [9.17, 15) is 18.6 Å². The molecular weight excluding hydrogens is 248 g/mol. The van der Waals surface area contributed by atoms with Crippen LogP contribution < -0.4 is 0 Å². The summed E-state index contributed by atoms with van der Waals surface area (Å²) in [6.07, 6.45) is -0.0309. The Morgan fingerprint density at radius 3 is 2.24 bits per heavy atom. The molecule has 0 heterocycles. The first-order valence-electron chi connectivity index (χ1n) is 5.67. The molecule has 0 aliphatic heterocycles. The lowest BCUT2D eigenvalue weighted by Gasteiger charge is -2.24. The first kappa shape index (κ1) is 16.8. The van der Waals surface area contributed by atoms with Crippen LogP contribution in [0.1, 0.15) is 32.6 Å². The minimum absolute atomic E-state index is 0.346. The van der Waals surface area contributed by atoms with Crippen molar-refractivity contribution >= 4 is 10.1 Å². The van der Waals surface area contributed by atoms with Gasteiger partial charge in [0.15, 0.2) is 0 Å². The predicted molar refractivity (Wildman–Crippen MR) is 63.0 cm³/mol. The number of unbranched alkanes of at least 4 members (excludes halogenated alkanes) is 2. The molecule has 6 nitrogen and oxygen atoms in total. The summed E-state index contributed by atoms with van der Waals surface area (Å²) in [6, 6.07) is 0. The molecule has 0 spiro atoms. The SMILES string of the molecule is CCCCC[C@@H](O)[C@@H](O)[C@@H](CO)OS(C)(=O)=O. The zero-order valence-corrected chi connectivity index (χ0v) is 11.1. The largest absolute Gasteiger partial charge is 0.394 e. The van der Waals surface area contributed by atoms with E-state index < -0.39 is 35.0 Å². The number of rotatable bonds is 9. The Labute approximate surface area is 102 Å². The average molecular weight is 270 g/mol. The van der Waals surface area contributed by atoms with Gasteiger partial charge in [-0.1, -0.05) is 26.2 Å². The van der Waals surface area contributed by atoms with Crippen LogP contribution in [0.4, 0.5) is 0 Å². The summed E-state index contributed by atoms with van der Waals surface area (Å²) in [7, 11) is -3.77. The molecule has 0 saturated heterocycles. The number of hydrogen-bond acceptors (Lipinski definition) is 6. The van der Waals surface area contributed by atoms with Gasteiger partial charge in [-0.2, -0.15) is 8.42 Å². The summed E-state index contributed by atoms with van der Waals surface area (Å²) in [5.74, 6) is 0. The molecule has 104 valence electrons. The normalized spacial score (nSPS) is 17.7. The molecule has 0 saturated carbocycles. The van der Waals surface area contributed by atoms with E-state index in [0.29, 0.717) is 6.42 Å². The van der Waals surface area contributed by atoms with Crippen LogP contribution in [0.15, 0.2) is 0 Å². The molecule has 3 N–H and O–H groups in total. The second-order valence-electron chi connectivity index (χ2n) is 4.08. The maximum absolute atomic E-state index is 10.9.